The fourth-order valence-corrected chi connectivity index (χ4v) is 4.28. The first kappa shape index (κ1) is 19.6. The third-order valence-electron chi connectivity index (χ3n) is 4.47. The van der Waals surface area contributed by atoms with E-state index in [2.05, 4.69) is 15.5 Å². The Labute approximate surface area is 176 Å². The predicted molar refractivity (Wildman–Crippen MR) is 115 cm³/mol. The van der Waals surface area contributed by atoms with E-state index < -0.39 is 0 Å². The van der Waals surface area contributed by atoms with Crippen molar-refractivity contribution in [3.8, 4) is 5.69 Å². The molecule has 0 N–H and O–H groups in total. The zero-order chi connectivity index (χ0) is 20.4. The topological polar surface area (TPSA) is 78.5 Å². The Hall–Kier alpha value is -2.71. The van der Waals surface area contributed by atoms with E-state index >= 15 is 0 Å². The number of hydrogen-bond donors (Lipinski definition) is 0. The number of tetrazole rings is 1. The molecule has 0 saturated carbocycles. The van der Waals surface area contributed by atoms with E-state index in [-0.39, 0.29) is 10.8 Å². The van der Waals surface area contributed by atoms with E-state index in [0.29, 0.717) is 33.5 Å². The van der Waals surface area contributed by atoms with Gasteiger partial charge in [0.1, 0.15) is 0 Å². The van der Waals surface area contributed by atoms with Gasteiger partial charge in [-0.05, 0) is 54.1 Å². The second-order valence-corrected chi connectivity index (χ2v) is 8.30. The molecule has 7 nitrogen and oxygen atoms in total. The summed E-state index contributed by atoms with van der Waals surface area (Å²) in [6.07, 6.45) is 0.824. The van der Waals surface area contributed by atoms with Crippen molar-refractivity contribution in [2.24, 2.45) is 0 Å². The van der Waals surface area contributed by atoms with Crippen LogP contribution in [0.1, 0.15) is 31.3 Å². The molecule has 0 saturated heterocycles. The summed E-state index contributed by atoms with van der Waals surface area (Å²) < 4.78 is 3.42. The fourth-order valence-electron chi connectivity index (χ4n) is 3.10. The number of fused-ring (bicyclic) bond motifs is 1. The third-order valence-corrected chi connectivity index (χ3v) is 5.79. The average Bonchev–Trinajstić information content (AvgIpc) is 3.21. The van der Waals surface area contributed by atoms with Gasteiger partial charge >= 0.3 is 0 Å². The molecule has 0 bridgehead atoms. The van der Waals surface area contributed by atoms with Crippen LogP contribution in [-0.4, -0.2) is 29.8 Å². The quantitative estimate of drug-likeness (QED) is 0.338. The molecule has 0 fully saturated rings. The predicted octanol–water partition coefficient (Wildman–Crippen LogP) is 4.29. The van der Waals surface area contributed by atoms with Crippen molar-refractivity contribution in [2.75, 3.05) is 0 Å². The van der Waals surface area contributed by atoms with Crippen molar-refractivity contribution in [2.45, 2.75) is 37.2 Å². The fraction of sp³-hybridized carbons (Fsp3) is 0.250. The van der Waals surface area contributed by atoms with Gasteiger partial charge in [0.05, 0.1) is 21.8 Å². The van der Waals surface area contributed by atoms with Crippen LogP contribution in [-0.2, 0) is 6.54 Å². The van der Waals surface area contributed by atoms with Crippen molar-refractivity contribution in [3.63, 3.8) is 0 Å². The van der Waals surface area contributed by atoms with Crippen LogP contribution < -0.4 is 5.56 Å². The van der Waals surface area contributed by atoms with Crippen LogP contribution in [0.4, 0.5) is 0 Å². The van der Waals surface area contributed by atoms with E-state index in [0.717, 1.165) is 12.1 Å². The lowest BCUT2D eigenvalue weighted by molar-refractivity contribution is 0.583. The summed E-state index contributed by atoms with van der Waals surface area (Å²) in [5.74, 6) is 0.685. The molecule has 0 amide bonds. The Morgan fingerprint density at radius 1 is 1.17 bits per heavy atom. The van der Waals surface area contributed by atoms with Gasteiger partial charge in [0.25, 0.3) is 5.56 Å². The zero-order valence-corrected chi connectivity index (χ0v) is 17.6. The summed E-state index contributed by atoms with van der Waals surface area (Å²) in [5.41, 5.74) is 1.40. The second-order valence-electron chi connectivity index (χ2n) is 6.56. The molecule has 0 aliphatic rings. The monoisotopic (exact) mass is 426 g/mol. The zero-order valence-electron chi connectivity index (χ0n) is 16.0. The molecule has 2 aromatic carbocycles. The minimum Gasteiger partial charge on any atom is -0.287 e. The Morgan fingerprint density at radius 3 is 2.72 bits per heavy atom. The van der Waals surface area contributed by atoms with Crippen molar-refractivity contribution >= 4 is 34.3 Å². The first-order valence-electron chi connectivity index (χ1n) is 9.29. The Balaban J connectivity index is 1.75. The summed E-state index contributed by atoms with van der Waals surface area (Å²) in [5, 5.41) is 13.8. The lowest BCUT2D eigenvalue weighted by atomic mass is 10.2. The molecule has 2 aromatic heterocycles. The minimum absolute atomic E-state index is 0.0640. The van der Waals surface area contributed by atoms with Gasteiger partial charge in [-0.2, -0.15) is 4.68 Å². The molecule has 2 heterocycles. The lowest BCUT2D eigenvalue weighted by Crippen LogP contribution is -2.23. The van der Waals surface area contributed by atoms with Gasteiger partial charge in [0.2, 0.25) is 0 Å². The van der Waals surface area contributed by atoms with E-state index in [9.17, 15) is 4.79 Å². The highest BCUT2D eigenvalue weighted by atomic mass is 35.5. The van der Waals surface area contributed by atoms with Crippen LogP contribution in [0.2, 0.25) is 5.02 Å². The SMILES string of the molecule is CCCn1c(SC(C)c2nnnn2-c2ccccc2)nc2cc(Cl)ccc2c1=O. The van der Waals surface area contributed by atoms with E-state index in [1.807, 2.05) is 44.2 Å². The standard InChI is InChI=1S/C20H19ClN6OS/c1-3-11-26-19(28)16-10-9-14(21)12-17(16)22-20(26)29-13(2)18-23-24-25-27(18)15-7-5-4-6-8-15/h4-10,12-13H,3,11H2,1-2H3. The normalized spacial score (nSPS) is 12.4. The maximum atomic E-state index is 13.0. The number of rotatable bonds is 6. The number of benzene rings is 2. The first-order chi connectivity index (χ1) is 14.1. The van der Waals surface area contributed by atoms with Crippen LogP contribution in [0.25, 0.3) is 16.6 Å². The molecule has 0 aliphatic heterocycles. The minimum atomic E-state index is -0.128. The number of hydrogen-bond acceptors (Lipinski definition) is 6. The lowest BCUT2D eigenvalue weighted by Gasteiger charge is -2.16. The maximum Gasteiger partial charge on any atom is 0.262 e. The molecule has 0 spiro atoms. The van der Waals surface area contributed by atoms with Crippen LogP contribution in [0.3, 0.4) is 0 Å². The highest BCUT2D eigenvalue weighted by Crippen LogP contribution is 2.33. The molecule has 4 rings (SSSR count). The highest BCUT2D eigenvalue weighted by Gasteiger charge is 2.21. The molecule has 9 heteroatoms. The third kappa shape index (κ3) is 3.90. The highest BCUT2D eigenvalue weighted by molar-refractivity contribution is 7.99. The van der Waals surface area contributed by atoms with Crippen LogP contribution in [0.15, 0.2) is 58.5 Å². The van der Waals surface area contributed by atoms with Gasteiger partial charge in [-0.15, -0.1) is 5.10 Å². The number of nitrogens with zero attached hydrogens (tertiary/aromatic N) is 6. The number of para-hydroxylation sites is 1. The Morgan fingerprint density at radius 2 is 1.97 bits per heavy atom. The van der Waals surface area contributed by atoms with Gasteiger partial charge < -0.3 is 0 Å². The summed E-state index contributed by atoms with van der Waals surface area (Å²) >= 11 is 7.57. The molecule has 0 aliphatic carbocycles. The number of halogens is 1. The molecule has 4 aromatic rings. The van der Waals surface area contributed by atoms with Gasteiger partial charge in [-0.3, -0.25) is 9.36 Å². The number of aromatic nitrogens is 6. The first-order valence-corrected chi connectivity index (χ1v) is 10.5. The Kier molecular flexibility index (Phi) is 5.64. The summed E-state index contributed by atoms with van der Waals surface area (Å²) in [4.78, 5) is 17.8. The molecule has 0 radical (unpaired) electrons. The van der Waals surface area contributed by atoms with Crippen LogP contribution in [0, 0.1) is 0 Å². The van der Waals surface area contributed by atoms with Crippen molar-refractivity contribution < 1.29 is 0 Å². The molecule has 148 valence electrons. The largest absolute Gasteiger partial charge is 0.287 e. The summed E-state index contributed by atoms with van der Waals surface area (Å²) in [6, 6.07) is 14.9. The molecular formula is C20H19ClN6OS. The molecule has 1 unspecified atom stereocenters. The average molecular weight is 427 g/mol. The molecule has 1 atom stereocenters. The molecule has 29 heavy (non-hydrogen) atoms. The number of thioether (sulfide) groups is 1. The smallest absolute Gasteiger partial charge is 0.262 e. The van der Waals surface area contributed by atoms with Crippen LogP contribution in [0.5, 0.6) is 0 Å². The summed E-state index contributed by atoms with van der Waals surface area (Å²) in [7, 11) is 0. The second kappa shape index (κ2) is 8.34. The van der Waals surface area contributed by atoms with Gasteiger partial charge in [0, 0.05) is 11.6 Å². The van der Waals surface area contributed by atoms with E-state index in [1.54, 1.807) is 27.4 Å². The van der Waals surface area contributed by atoms with Crippen LogP contribution >= 0.6 is 23.4 Å². The van der Waals surface area contributed by atoms with Crippen molar-refractivity contribution in [1.29, 1.82) is 0 Å². The van der Waals surface area contributed by atoms with E-state index in [4.69, 9.17) is 16.6 Å². The van der Waals surface area contributed by atoms with Crippen molar-refractivity contribution in [1.82, 2.24) is 29.8 Å². The van der Waals surface area contributed by atoms with Crippen molar-refractivity contribution in [3.05, 3.63) is 69.7 Å². The van der Waals surface area contributed by atoms with E-state index in [1.165, 1.54) is 11.8 Å². The summed E-state index contributed by atoms with van der Waals surface area (Å²) in [6.45, 7) is 4.62. The molecular weight excluding hydrogens is 408 g/mol. The Bertz CT molecular complexity index is 1210. The van der Waals surface area contributed by atoms with Gasteiger partial charge in [-0.25, -0.2) is 4.98 Å². The van der Waals surface area contributed by atoms with Gasteiger partial charge in [-0.1, -0.05) is 48.5 Å². The maximum absolute atomic E-state index is 13.0. The van der Waals surface area contributed by atoms with Gasteiger partial charge in [0.15, 0.2) is 11.0 Å².